The van der Waals surface area contributed by atoms with Crippen LogP contribution in [0.15, 0.2) is 24.3 Å². The fourth-order valence-electron chi connectivity index (χ4n) is 4.36. The summed E-state index contributed by atoms with van der Waals surface area (Å²) in [5.74, 6) is 0.567. The highest BCUT2D eigenvalue weighted by molar-refractivity contribution is 5.94. The van der Waals surface area contributed by atoms with Gasteiger partial charge in [0.15, 0.2) is 0 Å². The minimum atomic E-state index is -1.11. The number of benzene rings is 1. The molecule has 4 atom stereocenters. The molecule has 0 radical (unpaired) electrons. The Hall–Kier alpha value is -2.46. The van der Waals surface area contributed by atoms with Crippen molar-refractivity contribution in [1.82, 2.24) is 15.1 Å². The summed E-state index contributed by atoms with van der Waals surface area (Å²) in [5.41, 5.74) is 1.83. The summed E-state index contributed by atoms with van der Waals surface area (Å²) < 4.78 is 13.4. The van der Waals surface area contributed by atoms with Gasteiger partial charge >= 0.3 is 0 Å². The number of fused-ring (bicyclic) bond motifs is 1. The summed E-state index contributed by atoms with van der Waals surface area (Å²) in [6.07, 6.45) is -1.01. The zero-order valence-electron chi connectivity index (χ0n) is 15.3. The van der Waals surface area contributed by atoms with Gasteiger partial charge in [-0.2, -0.15) is 5.26 Å². The third-order valence-electron chi connectivity index (χ3n) is 5.99. The second-order valence-electron chi connectivity index (χ2n) is 7.83. The van der Waals surface area contributed by atoms with Crippen LogP contribution in [0.2, 0.25) is 0 Å². The monoisotopic (exact) mass is 370 g/mol. The number of nitrogens with zero attached hydrogens (tertiary/aromatic N) is 3. The van der Waals surface area contributed by atoms with Gasteiger partial charge in [0.05, 0.1) is 19.2 Å². The van der Waals surface area contributed by atoms with E-state index in [1.54, 1.807) is 0 Å². The number of aryl methyl sites for hydroxylation is 1. The average molecular weight is 370 g/mol. The van der Waals surface area contributed by atoms with E-state index >= 15 is 0 Å². The van der Waals surface area contributed by atoms with E-state index in [-0.39, 0.29) is 37.4 Å². The first-order chi connectivity index (χ1) is 13.0. The molecule has 2 heterocycles. The van der Waals surface area contributed by atoms with Crippen LogP contribution in [-0.4, -0.2) is 66.0 Å². The molecule has 2 unspecified atom stereocenters. The fraction of sp³-hybridized carbons (Fsp3) is 0.550. The van der Waals surface area contributed by atoms with Crippen molar-refractivity contribution in [2.45, 2.75) is 31.6 Å². The Morgan fingerprint density at radius 1 is 1.22 bits per heavy atom. The quantitative estimate of drug-likeness (QED) is 0.862. The van der Waals surface area contributed by atoms with Gasteiger partial charge in [0.25, 0.3) is 5.91 Å². The number of amides is 2. The molecular weight excluding hydrogens is 347 g/mol. The van der Waals surface area contributed by atoms with Gasteiger partial charge in [-0.1, -0.05) is 17.7 Å². The Kier molecular flexibility index (Phi) is 4.60. The predicted molar refractivity (Wildman–Crippen MR) is 96.5 cm³/mol. The lowest BCUT2D eigenvalue weighted by atomic mass is 10.1. The van der Waals surface area contributed by atoms with Crippen LogP contribution in [0.3, 0.4) is 0 Å². The summed E-state index contributed by atoms with van der Waals surface area (Å²) in [5, 5.41) is 12.3. The number of nitrogens with one attached hydrogen (secondary N) is 1. The first-order valence-electron chi connectivity index (χ1n) is 9.40. The summed E-state index contributed by atoms with van der Waals surface area (Å²) in [6.45, 7) is 3.51. The van der Waals surface area contributed by atoms with Crippen molar-refractivity contribution in [1.29, 1.82) is 5.26 Å². The van der Waals surface area contributed by atoms with Crippen molar-refractivity contribution in [3.63, 3.8) is 0 Å². The van der Waals surface area contributed by atoms with E-state index in [1.165, 1.54) is 4.90 Å². The average Bonchev–Trinajstić information content (AvgIpc) is 3.00. The Morgan fingerprint density at radius 3 is 2.52 bits per heavy atom. The lowest BCUT2D eigenvalue weighted by Gasteiger charge is -2.22. The molecule has 1 aromatic rings. The van der Waals surface area contributed by atoms with Crippen LogP contribution in [0.25, 0.3) is 0 Å². The van der Waals surface area contributed by atoms with Crippen LogP contribution in [0, 0.1) is 30.1 Å². The molecule has 1 aromatic carbocycles. The Labute approximate surface area is 157 Å². The molecule has 142 valence electrons. The standard InChI is InChI=1S/C20H23FN4O2/c1-12-2-4-13(5-3-12)20(27)24-10-16-17(11-24)19(16)23-8-18(26)25-9-14(21)6-15(25)7-22/h2-5,14-17,19,23H,6,8-11H2,1H3/t14-,15-,16?,17?,19?/m0/s1. The number of hydrogen-bond donors (Lipinski definition) is 1. The van der Waals surface area contributed by atoms with Gasteiger partial charge in [0.1, 0.15) is 12.2 Å². The first-order valence-corrected chi connectivity index (χ1v) is 9.40. The number of carbonyl (C=O) groups excluding carboxylic acids is 2. The molecule has 2 amide bonds. The van der Waals surface area contributed by atoms with E-state index in [9.17, 15) is 14.0 Å². The molecule has 1 aliphatic carbocycles. The number of rotatable bonds is 4. The smallest absolute Gasteiger partial charge is 0.253 e. The fourth-order valence-corrected chi connectivity index (χ4v) is 4.36. The largest absolute Gasteiger partial charge is 0.338 e. The van der Waals surface area contributed by atoms with Crippen molar-refractivity contribution in [2.24, 2.45) is 11.8 Å². The number of hydrogen-bond acceptors (Lipinski definition) is 4. The summed E-state index contributed by atoms with van der Waals surface area (Å²) in [6, 6.07) is 9.16. The van der Waals surface area contributed by atoms with Gasteiger partial charge < -0.3 is 15.1 Å². The van der Waals surface area contributed by atoms with E-state index in [0.29, 0.717) is 30.5 Å². The second kappa shape index (κ2) is 6.93. The normalized spacial score (nSPS) is 31.5. The predicted octanol–water partition coefficient (Wildman–Crippen LogP) is 1.12. The van der Waals surface area contributed by atoms with E-state index in [1.807, 2.05) is 42.2 Å². The molecule has 27 heavy (non-hydrogen) atoms. The molecule has 7 heteroatoms. The van der Waals surface area contributed by atoms with E-state index in [2.05, 4.69) is 5.32 Å². The lowest BCUT2D eigenvalue weighted by molar-refractivity contribution is -0.130. The summed E-state index contributed by atoms with van der Waals surface area (Å²) in [7, 11) is 0. The third kappa shape index (κ3) is 3.42. The molecule has 2 aliphatic heterocycles. The van der Waals surface area contributed by atoms with Crippen LogP contribution in [0.5, 0.6) is 0 Å². The molecule has 4 rings (SSSR count). The van der Waals surface area contributed by atoms with E-state index in [0.717, 1.165) is 5.56 Å². The minimum absolute atomic E-state index is 0.00902. The molecule has 1 N–H and O–H groups in total. The highest BCUT2D eigenvalue weighted by Gasteiger charge is 2.56. The Bertz CT molecular complexity index is 778. The number of halogens is 1. The molecular formula is C20H23FN4O2. The zero-order chi connectivity index (χ0) is 19.1. The molecule has 2 saturated heterocycles. The van der Waals surface area contributed by atoms with Crippen molar-refractivity contribution >= 4 is 11.8 Å². The highest BCUT2D eigenvalue weighted by Crippen LogP contribution is 2.45. The van der Waals surface area contributed by atoms with Crippen molar-refractivity contribution in [3.05, 3.63) is 35.4 Å². The summed E-state index contributed by atoms with van der Waals surface area (Å²) in [4.78, 5) is 28.0. The second-order valence-corrected chi connectivity index (χ2v) is 7.83. The number of piperidine rings is 1. The van der Waals surface area contributed by atoms with Crippen LogP contribution in [0.4, 0.5) is 4.39 Å². The van der Waals surface area contributed by atoms with Crippen molar-refractivity contribution < 1.29 is 14.0 Å². The molecule has 3 aliphatic rings. The van der Waals surface area contributed by atoms with Gasteiger partial charge in [0, 0.05) is 31.1 Å². The van der Waals surface area contributed by atoms with Crippen LogP contribution in [-0.2, 0) is 4.79 Å². The molecule has 6 nitrogen and oxygen atoms in total. The maximum atomic E-state index is 13.4. The van der Waals surface area contributed by atoms with Crippen molar-refractivity contribution in [3.8, 4) is 6.07 Å². The summed E-state index contributed by atoms with van der Waals surface area (Å²) >= 11 is 0. The van der Waals surface area contributed by atoms with Crippen LogP contribution >= 0.6 is 0 Å². The molecule has 3 fully saturated rings. The zero-order valence-corrected chi connectivity index (χ0v) is 15.3. The highest BCUT2D eigenvalue weighted by atomic mass is 19.1. The van der Waals surface area contributed by atoms with Crippen molar-refractivity contribution in [2.75, 3.05) is 26.2 Å². The minimum Gasteiger partial charge on any atom is -0.338 e. The number of likely N-dealkylation sites (tertiary alicyclic amines) is 2. The third-order valence-corrected chi connectivity index (χ3v) is 5.99. The van der Waals surface area contributed by atoms with Gasteiger partial charge in [-0.15, -0.1) is 0 Å². The SMILES string of the molecule is Cc1ccc(C(=O)N2CC3C(C2)C3NCC(=O)N2C[C@@H](F)C[C@H]2C#N)cc1. The Morgan fingerprint density at radius 2 is 1.89 bits per heavy atom. The van der Waals surface area contributed by atoms with Crippen LogP contribution in [0.1, 0.15) is 22.3 Å². The topological polar surface area (TPSA) is 76.4 Å². The molecule has 0 spiro atoms. The number of alkyl halides is 1. The Balaban J connectivity index is 1.25. The molecule has 1 saturated carbocycles. The number of nitriles is 1. The maximum Gasteiger partial charge on any atom is 0.253 e. The van der Waals surface area contributed by atoms with E-state index in [4.69, 9.17) is 5.26 Å². The van der Waals surface area contributed by atoms with Gasteiger partial charge in [0.2, 0.25) is 5.91 Å². The molecule has 0 aromatic heterocycles. The van der Waals surface area contributed by atoms with Crippen LogP contribution < -0.4 is 5.32 Å². The maximum absolute atomic E-state index is 13.4. The molecule has 0 bridgehead atoms. The number of carbonyl (C=O) groups is 2. The van der Waals surface area contributed by atoms with Gasteiger partial charge in [-0.25, -0.2) is 4.39 Å². The first kappa shape index (κ1) is 17.9. The van der Waals surface area contributed by atoms with Gasteiger partial charge in [-0.3, -0.25) is 9.59 Å². The van der Waals surface area contributed by atoms with E-state index < -0.39 is 12.2 Å². The van der Waals surface area contributed by atoms with Gasteiger partial charge in [-0.05, 0) is 30.9 Å². The lowest BCUT2D eigenvalue weighted by Crippen LogP contribution is -2.43.